The summed E-state index contributed by atoms with van der Waals surface area (Å²) < 4.78 is 11.8. The van der Waals surface area contributed by atoms with E-state index < -0.39 is 0 Å². The lowest BCUT2D eigenvalue weighted by molar-refractivity contribution is -0.0816. The Labute approximate surface area is 159 Å². The molecule has 0 radical (unpaired) electrons. The Bertz CT molecular complexity index is 420. The highest BCUT2D eigenvalue weighted by Crippen LogP contribution is 2.21. The van der Waals surface area contributed by atoms with E-state index in [1.165, 1.54) is 58.2 Å². The van der Waals surface area contributed by atoms with Gasteiger partial charge in [-0.25, -0.2) is 0 Å². The second-order valence-electron chi connectivity index (χ2n) is 7.84. The van der Waals surface area contributed by atoms with Crippen molar-refractivity contribution in [3.63, 3.8) is 0 Å². The standard InChI is InChI=1S/C20H38N4O2/c1-21-20(22-10-4-2-5-11-23-12-6-3-7-13-23)24-14-16-26-19(17-24)18-9-8-15-25-18/h18-19H,2-17H2,1H3,(H,21,22). The summed E-state index contributed by atoms with van der Waals surface area (Å²) in [6.07, 6.45) is 10.8. The number of aliphatic imine (C=N–C) groups is 1. The van der Waals surface area contributed by atoms with Gasteiger partial charge in [0.05, 0.1) is 12.7 Å². The van der Waals surface area contributed by atoms with Crippen molar-refractivity contribution < 1.29 is 9.47 Å². The molecule has 6 nitrogen and oxygen atoms in total. The first-order chi connectivity index (χ1) is 12.9. The zero-order valence-electron chi connectivity index (χ0n) is 16.6. The van der Waals surface area contributed by atoms with Gasteiger partial charge < -0.3 is 24.6 Å². The third kappa shape index (κ3) is 6.10. The summed E-state index contributed by atoms with van der Waals surface area (Å²) in [4.78, 5) is 9.46. The summed E-state index contributed by atoms with van der Waals surface area (Å²) in [7, 11) is 1.88. The molecule has 0 aromatic rings. The number of hydrogen-bond donors (Lipinski definition) is 1. The van der Waals surface area contributed by atoms with Crippen molar-refractivity contribution in [2.24, 2.45) is 4.99 Å². The molecule has 3 aliphatic heterocycles. The fourth-order valence-corrected chi connectivity index (χ4v) is 4.34. The summed E-state index contributed by atoms with van der Waals surface area (Å²) in [5.74, 6) is 1.02. The minimum Gasteiger partial charge on any atom is -0.375 e. The van der Waals surface area contributed by atoms with E-state index in [2.05, 4.69) is 20.1 Å². The fraction of sp³-hybridized carbons (Fsp3) is 0.950. The van der Waals surface area contributed by atoms with Gasteiger partial charge in [-0.2, -0.15) is 0 Å². The number of ether oxygens (including phenoxy) is 2. The second-order valence-corrected chi connectivity index (χ2v) is 7.84. The minimum atomic E-state index is 0.189. The highest BCUT2D eigenvalue weighted by atomic mass is 16.5. The third-order valence-corrected chi connectivity index (χ3v) is 5.87. The van der Waals surface area contributed by atoms with Crippen molar-refractivity contribution in [2.45, 2.75) is 63.6 Å². The number of rotatable bonds is 7. The quantitative estimate of drug-likeness (QED) is 0.425. The van der Waals surface area contributed by atoms with E-state index in [0.717, 1.165) is 51.6 Å². The third-order valence-electron chi connectivity index (χ3n) is 5.87. The van der Waals surface area contributed by atoms with Crippen molar-refractivity contribution in [2.75, 3.05) is 59.5 Å². The predicted octanol–water partition coefficient (Wildman–Crippen LogP) is 2.10. The molecule has 1 N–H and O–H groups in total. The topological polar surface area (TPSA) is 49.3 Å². The van der Waals surface area contributed by atoms with E-state index in [0.29, 0.717) is 0 Å². The summed E-state index contributed by atoms with van der Waals surface area (Å²) in [6.45, 7) is 8.37. The molecule has 0 aliphatic carbocycles. The lowest BCUT2D eigenvalue weighted by Crippen LogP contribution is -2.53. The Morgan fingerprint density at radius 2 is 1.81 bits per heavy atom. The van der Waals surface area contributed by atoms with Crippen LogP contribution < -0.4 is 5.32 Å². The minimum absolute atomic E-state index is 0.189. The normalized spacial score (nSPS) is 28.5. The Kier molecular flexibility index (Phi) is 8.49. The maximum Gasteiger partial charge on any atom is 0.193 e. The number of unbranched alkanes of at least 4 members (excludes halogenated alkanes) is 2. The lowest BCUT2D eigenvalue weighted by Gasteiger charge is -2.37. The Hall–Kier alpha value is -0.850. The van der Waals surface area contributed by atoms with E-state index in [9.17, 15) is 0 Å². The van der Waals surface area contributed by atoms with Gasteiger partial charge in [-0.1, -0.05) is 12.8 Å². The number of likely N-dealkylation sites (tertiary alicyclic amines) is 1. The molecule has 0 aromatic heterocycles. The number of piperidine rings is 1. The number of nitrogens with zero attached hydrogens (tertiary/aromatic N) is 3. The molecule has 2 atom stereocenters. The van der Waals surface area contributed by atoms with Crippen LogP contribution in [0.5, 0.6) is 0 Å². The van der Waals surface area contributed by atoms with Gasteiger partial charge in [0.25, 0.3) is 0 Å². The first-order valence-electron chi connectivity index (χ1n) is 10.8. The molecule has 3 fully saturated rings. The van der Waals surface area contributed by atoms with Gasteiger partial charge in [0.1, 0.15) is 6.10 Å². The zero-order valence-corrected chi connectivity index (χ0v) is 16.6. The first kappa shape index (κ1) is 19.9. The van der Waals surface area contributed by atoms with Crippen LogP contribution in [0.25, 0.3) is 0 Å². The van der Waals surface area contributed by atoms with E-state index in [1.54, 1.807) is 0 Å². The van der Waals surface area contributed by atoms with Gasteiger partial charge in [-0.15, -0.1) is 0 Å². The maximum atomic E-state index is 5.95. The van der Waals surface area contributed by atoms with Crippen molar-refractivity contribution >= 4 is 5.96 Å². The van der Waals surface area contributed by atoms with Gasteiger partial charge in [0.2, 0.25) is 0 Å². The first-order valence-corrected chi connectivity index (χ1v) is 10.8. The largest absolute Gasteiger partial charge is 0.375 e. The number of nitrogens with one attached hydrogen (secondary N) is 1. The molecule has 3 aliphatic rings. The van der Waals surface area contributed by atoms with Crippen LogP contribution in [0.2, 0.25) is 0 Å². The van der Waals surface area contributed by atoms with Crippen LogP contribution >= 0.6 is 0 Å². The number of hydrogen-bond acceptors (Lipinski definition) is 4. The predicted molar refractivity (Wildman–Crippen MR) is 106 cm³/mol. The monoisotopic (exact) mass is 366 g/mol. The highest BCUT2D eigenvalue weighted by molar-refractivity contribution is 5.80. The van der Waals surface area contributed by atoms with E-state index in [1.807, 2.05) is 7.05 Å². The molecule has 0 aromatic carbocycles. The highest BCUT2D eigenvalue weighted by Gasteiger charge is 2.32. The van der Waals surface area contributed by atoms with Crippen molar-refractivity contribution in [3.8, 4) is 0 Å². The molecule has 26 heavy (non-hydrogen) atoms. The molecule has 0 bridgehead atoms. The molecular formula is C20H38N4O2. The van der Waals surface area contributed by atoms with Crippen LogP contribution in [0, 0.1) is 0 Å². The van der Waals surface area contributed by atoms with E-state index in [-0.39, 0.29) is 12.2 Å². The molecular weight excluding hydrogens is 328 g/mol. The maximum absolute atomic E-state index is 5.95. The Balaban J connectivity index is 1.30. The zero-order chi connectivity index (χ0) is 18.0. The molecule has 6 heteroatoms. The average molecular weight is 367 g/mol. The van der Waals surface area contributed by atoms with Crippen LogP contribution in [0.1, 0.15) is 51.4 Å². The summed E-state index contributed by atoms with van der Waals surface area (Å²) in [5, 5.41) is 3.55. The van der Waals surface area contributed by atoms with Crippen LogP contribution in [0.15, 0.2) is 4.99 Å². The second kappa shape index (κ2) is 11.1. The number of morpholine rings is 1. The van der Waals surface area contributed by atoms with Gasteiger partial charge in [0, 0.05) is 33.3 Å². The van der Waals surface area contributed by atoms with Crippen molar-refractivity contribution in [3.05, 3.63) is 0 Å². The van der Waals surface area contributed by atoms with E-state index >= 15 is 0 Å². The summed E-state index contributed by atoms with van der Waals surface area (Å²) >= 11 is 0. The Morgan fingerprint density at radius 1 is 0.962 bits per heavy atom. The molecule has 150 valence electrons. The molecule has 2 unspecified atom stereocenters. The van der Waals surface area contributed by atoms with Crippen LogP contribution in [0.4, 0.5) is 0 Å². The number of guanidine groups is 1. The molecule has 0 spiro atoms. The van der Waals surface area contributed by atoms with Crippen LogP contribution in [-0.2, 0) is 9.47 Å². The average Bonchev–Trinajstić information content (AvgIpc) is 3.23. The molecule has 3 rings (SSSR count). The van der Waals surface area contributed by atoms with Gasteiger partial charge >= 0.3 is 0 Å². The van der Waals surface area contributed by atoms with Gasteiger partial charge in [-0.05, 0) is 58.2 Å². The van der Waals surface area contributed by atoms with E-state index in [4.69, 9.17) is 9.47 Å². The van der Waals surface area contributed by atoms with Gasteiger partial charge in [-0.3, -0.25) is 4.99 Å². The Morgan fingerprint density at radius 3 is 2.58 bits per heavy atom. The van der Waals surface area contributed by atoms with Crippen molar-refractivity contribution in [1.29, 1.82) is 0 Å². The summed E-state index contributed by atoms with van der Waals surface area (Å²) in [5.41, 5.74) is 0. The molecule has 3 saturated heterocycles. The smallest absolute Gasteiger partial charge is 0.193 e. The molecule has 3 heterocycles. The van der Waals surface area contributed by atoms with Crippen LogP contribution in [0.3, 0.4) is 0 Å². The fourth-order valence-electron chi connectivity index (χ4n) is 4.34. The van der Waals surface area contributed by atoms with Gasteiger partial charge in [0.15, 0.2) is 5.96 Å². The van der Waals surface area contributed by atoms with Crippen LogP contribution in [-0.4, -0.2) is 87.5 Å². The molecule has 0 saturated carbocycles. The SMILES string of the molecule is CN=C(NCCCCCN1CCCCC1)N1CCOC(C2CCCO2)C1. The summed E-state index contributed by atoms with van der Waals surface area (Å²) in [6, 6.07) is 0. The molecule has 0 amide bonds. The lowest BCUT2D eigenvalue weighted by atomic mass is 10.1. The van der Waals surface area contributed by atoms with Crippen molar-refractivity contribution in [1.82, 2.24) is 15.1 Å².